The summed E-state index contributed by atoms with van der Waals surface area (Å²) >= 11 is 6.16. The molecule has 0 saturated carbocycles. The topological polar surface area (TPSA) is 89.8 Å². The summed E-state index contributed by atoms with van der Waals surface area (Å²) in [7, 11) is 0. The summed E-state index contributed by atoms with van der Waals surface area (Å²) in [6, 6.07) is 10.7. The molecule has 0 unspecified atom stereocenters. The van der Waals surface area contributed by atoms with Crippen LogP contribution in [-0.4, -0.2) is 15.5 Å². The number of nitrogens with one attached hydrogen (secondary N) is 1. The number of rotatable bonds is 3. The molecule has 0 spiro atoms. The van der Waals surface area contributed by atoms with Crippen molar-refractivity contribution in [3.05, 3.63) is 40.7 Å². The number of hydrogen-bond donors (Lipinski definition) is 1. The molecule has 0 radical (unpaired) electrons. The molecule has 1 aromatic heterocycles. The van der Waals surface area contributed by atoms with Gasteiger partial charge in [0.2, 0.25) is 5.71 Å². The number of para-hydroxylation sites is 2. The number of aryl methyl sites for hydroxylation is 1. The van der Waals surface area contributed by atoms with Gasteiger partial charge in [-0.05, 0) is 26.0 Å². The second-order valence-corrected chi connectivity index (χ2v) is 4.59. The van der Waals surface area contributed by atoms with Crippen molar-refractivity contribution < 1.29 is 0 Å². The molecule has 0 aliphatic heterocycles. The van der Waals surface area contributed by atoms with Gasteiger partial charge < -0.3 is 0 Å². The van der Waals surface area contributed by atoms with E-state index in [0.29, 0.717) is 10.7 Å². The zero-order valence-electron chi connectivity index (χ0n) is 11.4. The highest BCUT2D eigenvalue weighted by Crippen LogP contribution is 2.26. The Kier molecular flexibility index (Phi) is 4.22. The fraction of sp³-hybridized carbons (Fsp3) is 0.143. The third-order valence-corrected chi connectivity index (χ3v) is 3.38. The Morgan fingerprint density at radius 3 is 2.52 bits per heavy atom. The van der Waals surface area contributed by atoms with Crippen molar-refractivity contribution in [1.82, 2.24) is 9.78 Å². The van der Waals surface area contributed by atoms with Crippen molar-refractivity contribution in [3.8, 4) is 17.8 Å². The van der Waals surface area contributed by atoms with Gasteiger partial charge in [-0.1, -0.05) is 23.7 Å². The molecular weight excluding hydrogens is 288 g/mol. The molecule has 0 aliphatic rings. The van der Waals surface area contributed by atoms with Gasteiger partial charge in [-0.15, -0.1) is 0 Å². The summed E-state index contributed by atoms with van der Waals surface area (Å²) in [6.45, 7) is 3.68. The lowest BCUT2D eigenvalue weighted by Gasteiger charge is -2.10. The molecule has 2 rings (SSSR count). The first kappa shape index (κ1) is 14.6. The normalized spacial score (nSPS) is 9.57. The number of hydrogen-bond acceptors (Lipinski definition) is 5. The zero-order chi connectivity index (χ0) is 15.4. The first-order valence-electron chi connectivity index (χ1n) is 6.03. The van der Waals surface area contributed by atoms with Gasteiger partial charge in [-0.25, -0.2) is 4.68 Å². The van der Waals surface area contributed by atoms with Crippen LogP contribution in [0.3, 0.4) is 0 Å². The predicted octanol–water partition coefficient (Wildman–Crippen LogP) is 2.96. The Balaban J connectivity index is 2.47. The van der Waals surface area contributed by atoms with Crippen molar-refractivity contribution in [2.45, 2.75) is 13.8 Å². The molecule has 0 fully saturated rings. The Labute approximate surface area is 126 Å². The van der Waals surface area contributed by atoms with Gasteiger partial charge in [0.1, 0.15) is 12.1 Å². The summed E-state index contributed by atoms with van der Waals surface area (Å²) in [5.41, 5.74) is 5.32. The molecule has 0 bridgehead atoms. The van der Waals surface area contributed by atoms with E-state index in [1.54, 1.807) is 22.9 Å². The number of hydrazone groups is 1. The molecular formula is C14H11ClN6. The highest BCUT2D eigenvalue weighted by atomic mass is 35.5. The molecule has 7 heteroatoms. The monoisotopic (exact) mass is 298 g/mol. The van der Waals surface area contributed by atoms with Gasteiger partial charge in [-0.3, -0.25) is 5.43 Å². The van der Waals surface area contributed by atoms with Crippen LogP contribution in [-0.2, 0) is 0 Å². The Bertz CT molecular complexity index is 775. The second kappa shape index (κ2) is 6.08. The number of benzene rings is 1. The second-order valence-electron chi connectivity index (χ2n) is 4.21. The minimum atomic E-state index is -0.254. The van der Waals surface area contributed by atoms with Gasteiger partial charge in [0.25, 0.3) is 0 Å². The predicted molar refractivity (Wildman–Crippen MR) is 80.3 cm³/mol. The van der Waals surface area contributed by atoms with Crippen molar-refractivity contribution in [2.75, 3.05) is 5.43 Å². The van der Waals surface area contributed by atoms with Crippen LogP contribution in [0.2, 0.25) is 5.02 Å². The van der Waals surface area contributed by atoms with Crippen LogP contribution in [0.25, 0.3) is 5.69 Å². The Morgan fingerprint density at radius 2 is 1.95 bits per heavy atom. The minimum Gasteiger partial charge on any atom is -0.274 e. The Morgan fingerprint density at radius 1 is 1.29 bits per heavy atom. The summed E-state index contributed by atoms with van der Waals surface area (Å²) < 4.78 is 1.69. The molecule has 21 heavy (non-hydrogen) atoms. The van der Waals surface area contributed by atoms with Crippen LogP contribution in [0.1, 0.15) is 11.4 Å². The summed E-state index contributed by atoms with van der Waals surface area (Å²) in [5, 5.41) is 26.1. The van der Waals surface area contributed by atoms with Gasteiger partial charge in [-0.2, -0.15) is 20.7 Å². The van der Waals surface area contributed by atoms with Crippen molar-refractivity contribution in [1.29, 1.82) is 10.5 Å². The molecule has 1 aromatic carbocycles. The molecule has 1 N–H and O–H groups in total. The molecule has 104 valence electrons. The van der Waals surface area contributed by atoms with E-state index in [9.17, 15) is 0 Å². The highest BCUT2D eigenvalue weighted by molar-refractivity contribution is 6.31. The number of aromatic nitrogens is 2. The summed E-state index contributed by atoms with van der Waals surface area (Å²) in [6.07, 6.45) is 0. The molecule has 0 saturated heterocycles. The van der Waals surface area contributed by atoms with E-state index < -0.39 is 0 Å². The van der Waals surface area contributed by atoms with Gasteiger partial charge >= 0.3 is 0 Å². The van der Waals surface area contributed by atoms with Gasteiger partial charge in [0.05, 0.1) is 27.8 Å². The molecule has 0 aliphatic carbocycles. The lowest BCUT2D eigenvalue weighted by Crippen LogP contribution is -2.04. The quantitative estimate of drug-likeness (QED) is 0.696. The van der Waals surface area contributed by atoms with Crippen LogP contribution in [0.15, 0.2) is 29.4 Å². The number of nitriles is 2. The van der Waals surface area contributed by atoms with E-state index in [0.717, 1.165) is 17.1 Å². The molecule has 1 heterocycles. The van der Waals surface area contributed by atoms with Crippen LogP contribution >= 0.6 is 11.6 Å². The lowest BCUT2D eigenvalue weighted by atomic mass is 10.2. The Hall–Kier alpha value is -2.83. The molecule has 2 aromatic rings. The number of anilines is 1. The third kappa shape index (κ3) is 2.86. The fourth-order valence-corrected chi connectivity index (χ4v) is 1.92. The zero-order valence-corrected chi connectivity index (χ0v) is 12.2. The van der Waals surface area contributed by atoms with Crippen LogP contribution in [0.4, 0.5) is 5.69 Å². The summed E-state index contributed by atoms with van der Waals surface area (Å²) in [4.78, 5) is 0. The number of halogens is 1. The SMILES string of the molecule is Cc1nn(-c2ccccc2NN=C(C#N)C#N)c(C)c1Cl. The van der Waals surface area contributed by atoms with Gasteiger partial charge in [0.15, 0.2) is 0 Å². The lowest BCUT2D eigenvalue weighted by molar-refractivity contribution is 0.834. The third-order valence-electron chi connectivity index (χ3n) is 2.84. The largest absolute Gasteiger partial charge is 0.274 e. The molecule has 0 amide bonds. The summed E-state index contributed by atoms with van der Waals surface area (Å²) in [5.74, 6) is 0. The van der Waals surface area contributed by atoms with E-state index in [-0.39, 0.29) is 5.71 Å². The molecule has 0 atom stereocenters. The average Bonchev–Trinajstić information content (AvgIpc) is 2.76. The average molecular weight is 299 g/mol. The van der Waals surface area contributed by atoms with E-state index in [4.69, 9.17) is 22.1 Å². The first-order chi connectivity index (χ1) is 10.1. The first-order valence-corrected chi connectivity index (χ1v) is 6.41. The highest BCUT2D eigenvalue weighted by Gasteiger charge is 2.13. The minimum absolute atomic E-state index is 0.254. The van der Waals surface area contributed by atoms with Crippen molar-refractivity contribution >= 4 is 23.0 Å². The number of nitrogens with zero attached hydrogens (tertiary/aromatic N) is 5. The van der Waals surface area contributed by atoms with Crippen molar-refractivity contribution in [3.63, 3.8) is 0 Å². The maximum absolute atomic E-state index is 8.70. The maximum atomic E-state index is 8.70. The molecule has 6 nitrogen and oxygen atoms in total. The van der Waals surface area contributed by atoms with E-state index >= 15 is 0 Å². The van der Waals surface area contributed by atoms with E-state index in [1.807, 2.05) is 32.0 Å². The standard InChI is InChI=1S/C14H11ClN6/c1-9-14(15)10(2)21(20-9)13-6-4-3-5-12(13)19-18-11(7-16)8-17/h3-6,19H,1-2H3. The van der Waals surface area contributed by atoms with E-state index in [2.05, 4.69) is 15.6 Å². The van der Waals surface area contributed by atoms with E-state index in [1.165, 1.54) is 0 Å². The van der Waals surface area contributed by atoms with Crippen LogP contribution < -0.4 is 5.43 Å². The van der Waals surface area contributed by atoms with Crippen LogP contribution in [0.5, 0.6) is 0 Å². The van der Waals surface area contributed by atoms with Gasteiger partial charge in [0, 0.05) is 0 Å². The van der Waals surface area contributed by atoms with Crippen molar-refractivity contribution in [2.24, 2.45) is 5.10 Å². The maximum Gasteiger partial charge on any atom is 0.237 e. The smallest absolute Gasteiger partial charge is 0.237 e. The fourth-order valence-electron chi connectivity index (χ4n) is 1.80. The van der Waals surface area contributed by atoms with Crippen LogP contribution in [0, 0.1) is 36.5 Å².